The van der Waals surface area contributed by atoms with Crippen molar-refractivity contribution in [1.82, 2.24) is 4.90 Å². The van der Waals surface area contributed by atoms with Crippen molar-refractivity contribution >= 4 is 36.4 Å². The number of ether oxygens (including phenoxy) is 1. The third-order valence-electron chi connectivity index (χ3n) is 3.98. The lowest BCUT2D eigenvalue weighted by Crippen LogP contribution is -2.36. The molecular weight excluding hydrogens is 337 g/mol. The minimum absolute atomic E-state index is 0. The smallest absolute Gasteiger partial charge is 0.228 e. The molecule has 1 aliphatic rings. The quantitative estimate of drug-likeness (QED) is 0.841. The lowest BCUT2D eigenvalue weighted by molar-refractivity contribution is -0.119. The van der Waals surface area contributed by atoms with Crippen LogP contribution >= 0.6 is 24.8 Å². The molecule has 5 nitrogen and oxygen atoms in total. The Labute approximate surface area is 150 Å². The van der Waals surface area contributed by atoms with Crippen LogP contribution in [0.15, 0.2) is 24.3 Å². The van der Waals surface area contributed by atoms with Crippen LogP contribution in [0.2, 0.25) is 0 Å². The normalized spacial score (nSPS) is 17.3. The van der Waals surface area contributed by atoms with Crippen molar-refractivity contribution in [1.29, 1.82) is 0 Å². The minimum atomic E-state index is -0.207. The molecule has 1 aromatic carbocycles. The van der Waals surface area contributed by atoms with Crippen LogP contribution in [0.3, 0.4) is 0 Å². The van der Waals surface area contributed by atoms with Gasteiger partial charge in [0, 0.05) is 31.4 Å². The van der Waals surface area contributed by atoms with Gasteiger partial charge in [-0.1, -0.05) is 25.1 Å². The van der Waals surface area contributed by atoms with Crippen LogP contribution in [-0.2, 0) is 16.1 Å². The molecular formula is C16H27Cl2N3O2. The second-order valence-electron chi connectivity index (χ2n) is 5.68. The van der Waals surface area contributed by atoms with Gasteiger partial charge in [-0.05, 0) is 18.6 Å². The number of nitrogens with two attached hydrogens (primary N) is 1. The Morgan fingerprint density at radius 3 is 2.48 bits per heavy atom. The van der Waals surface area contributed by atoms with Crippen LogP contribution in [-0.4, -0.2) is 43.2 Å². The number of para-hydroxylation sites is 1. The van der Waals surface area contributed by atoms with E-state index in [9.17, 15) is 4.79 Å². The number of amides is 1. The van der Waals surface area contributed by atoms with Gasteiger partial charge in [0.05, 0.1) is 19.1 Å². The first-order valence-electron chi connectivity index (χ1n) is 7.52. The Morgan fingerprint density at radius 1 is 1.26 bits per heavy atom. The Hall–Kier alpha value is -0.850. The zero-order valence-electron chi connectivity index (χ0n) is 13.7. The Kier molecular flexibility index (Phi) is 10.4. The molecule has 1 fully saturated rings. The van der Waals surface area contributed by atoms with E-state index in [1.807, 2.05) is 32.0 Å². The van der Waals surface area contributed by atoms with Crippen molar-refractivity contribution < 1.29 is 9.53 Å². The molecule has 0 saturated carbocycles. The van der Waals surface area contributed by atoms with Gasteiger partial charge in [-0.15, -0.1) is 24.8 Å². The number of benzene rings is 1. The third kappa shape index (κ3) is 6.65. The summed E-state index contributed by atoms with van der Waals surface area (Å²) in [5.74, 6) is -0.235. The summed E-state index contributed by atoms with van der Waals surface area (Å²) in [5.41, 5.74) is 7.80. The average molecular weight is 364 g/mol. The fraction of sp³-hybridized carbons (Fsp3) is 0.562. The second-order valence-corrected chi connectivity index (χ2v) is 5.68. The summed E-state index contributed by atoms with van der Waals surface area (Å²) in [7, 11) is 0. The van der Waals surface area contributed by atoms with E-state index in [4.69, 9.17) is 10.5 Å². The van der Waals surface area contributed by atoms with Gasteiger partial charge < -0.3 is 15.8 Å². The molecule has 1 aromatic rings. The minimum Gasteiger partial charge on any atom is -0.379 e. The van der Waals surface area contributed by atoms with Gasteiger partial charge in [0.25, 0.3) is 0 Å². The van der Waals surface area contributed by atoms with Crippen molar-refractivity contribution in [2.24, 2.45) is 11.7 Å². The fourth-order valence-corrected chi connectivity index (χ4v) is 2.27. The van der Waals surface area contributed by atoms with Crippen LogP contribution in [0.25, 0.3) is 0 Å². The number of carbonyl (C=O) groups is 1. The van der Waals surface area contributed by atoms with E-state index >= 15 is 0 Å². The number of hydrogen-bond acceptors (Lipinski definition) is 4. The van der Waals surface area contributed by atoms with Gasteiger partial charge in [0.2, 0.25) is 5.91 Å². The van der Waals surface area contributed by atoms with Crippen molar-refractivity contribution in [3.8, 4) is 0 Å². The first-order chi connectivity index (χ1) is 10.1. The number of halogens is 2. The maximum atomic E-state index is 12.2. The van der Waals surface area contributed by atoms with Crippen LogP contribution in [0.1, 0.15) is 19.4 Å². The van der Waals surface area contributed by atoms with E-state index < -0.39 is 0 Å². The monoisotopic (exact) mass is 363 g/mol. The van der Waals surface area contributed by atoms with Crippen molar-refractivity contribution in [3.63, 3.8) is 0 Å². The molecule has 2 rings (SSSR count). The van der Waals surface area contributed by atoms with E-state index in [1.54, 1.807) is 0 Å². The molecule has 1 heterocycles. The molecule has 132 valence electrons. The van der Waals surface area contributed by atoms with Gasteiger partial charge >= 0.3 is 0 Å². The summed E-state index contributed by atoms with van der Waals surface area (Å²) in [6.45, 7) is 7.93. The van der Waals surface area contributed by atoms with Gasteiger partial charge in [-0.3, -0.25) is 9.69 Å². The summed E-state index contributed by atoms with van der Waals surface area (Å²) in [6, 6.07) is 7.79. The third-order valence-corrected chi connectivity index (χ3v) is 3.98. The van der Waals surface area contributed by atoms with Crippen molar-refractivity contribution in [2.45, 2.75) is 26.4 Å². The van der Waals surface area contributed by atoms with Crippen LogP contribution < -0.4 is 11.1 Å². The average Bonchev–Trinajstić information content (AvgIpc) is 2.49. The molecule has 2 unspecified atom stereocenters. The highest BCUT2D eigenvalue weighted by Gasteiger charge is 2.19. The Balaban J connectivity index is 0.00000242. The van der Waals surface area contributed by atoms with E-state index in [1.165, 1.54) is 0 Å². The summed E-state index contributed by atoms with van der Waals surface area (Å²) in [4.78, 5) is 14.5. The lowest BCUT2D eigenvalue weighted by Gasteiger charge is -2.27. The topological polar surface area (TPSA) is 67.6 Å². The highest BCUT2D eigenvalue weighted by Crippen LogP contribution is 2.19. The summed E-state index contributed by atoms with van der Waals surface area (Å²) in [5, 5.41) is 3.00. The number of nitrogens with one attached hydrogen (secondary N) is 1. The molecule has 2 atom stereocenters. The molecule has 23 heavy (non-hydrogen) atoms. The largest absolute Gasteiger partial charge is 0.379 e. The Bertz CT molecular complexity index is 480. The molecule has 3 N–H and O–H groups in total. The van der Waals surface area contributed by atoms with Crippen LogP contribution in [0, 0.1) is 5.92 Å². The van der Waals surface area contributed by atoms with Crippen molar-refractivity contribution in [3.05, 3.63) is 29.8 Å². The molecule has 0 radical (unpaired) electrons. The molecule has 0 aromatic heterocycles. The SMILES string of the molecule is CC(N)C(C)C(=O)Nc1ccccc1CN1CCOCC1.Cl.Cl. The molecule has 7 heteroatoms. The maximum Gasteiger partial charge on any atom is 0.228 e. The lowest BCUT2D eigenvalue weighted by atomic mass is 10.0. The predicted molar refractivity (Wildman–Crippen MR) is 98.5 cm³/mol. The first kappa shape index (κ1) is 22.1. The van der Waals surface area contributed by atoms with E-state index in [0.717, 1.165) is 44.1 Å². The number of morpholine rings is 1. The van der Waals surface area contributed by atoms with Crippen molar-refractivity contribution in [2.75, 3.05) is 31.6 Å². The zero-order valence-corrected chi connectivity index (χ0v) is 15.3. The maximum absolute atomic E-state index is 12.2. The molecule has 1 saturated heterocycles. The Morgan fingerprint density at radius 2 is 1.87 bits per heavy atom. The summed E-state index contributed by atoms with van der Waals surface area (Å²) in [6.07, 6.45) is 0. The molecule has 1 aliphatic heterocycles. The number of rotatable bonds is 5. The van der Waals surface area contributed by atoms with E-state index in [2.05, 4.69) is 16.3 Å². The van der Waals surface area contributed by atoms with E-state index in [0.29, 0.717) is 0 Å². The molecule has 1 amide bonds. The molecule has 0 bridgehead atoms. The second kappa shape index (κ2) is 10.8. The predicted octanol–water partition coefficient (Wildman–Crippen LogP) is 2.28. The highest BCUT2D eigenvalue weighted by atomic mass is 35.5. The highest BCUT2D eigenvalue weighted by molar-refractivity contribution is 5.93. The number of hydrogen-bond donors (Lipinski definition) is 2. The van der Waals surface area contributed by atoms with Crippen LogP contribution in [0.5, 0.6) is 0 Å². The first-order valence-corrected chi connectivity index (χ1v) is 7.52. The number of nitrogens with zero attached hydrogens (tertiary/aromatic N) is 1. The van der Waals surface area contributed by atoms with E-state index in [-0.39, 0.29) is 42.7 Å². The standard InChI is InChI=1S/C16H25N3O2.2ClH/c1-12(13(2)17)16(20)18-15-6-4-3-5-14(15)11-19-7-9-21-10-8-19;;/h3-6,12-13H,7-11,17H2,1-2H3,(H,18,20);2*1H. The van der Waals surface area contributed by atoms with Gasteiger partial charge in [-0.2, -0.15) is 0 Å². The zero-order chi connectivity index (χ0) is 15.2. The fourth-order valence-electron chi connectivity index (χ4n) is 2.27. The molecule has 0 aliphatic carbocycles. The number of carbonyl (C=O) groups excluding carboxylic acids is 1. The van der Waals surface area contributed by atoms with Crippen LogP contribution in [0.4, 0.5) is 5.69 Å². The van der Waals surface area contributed by atoms with Gasteiger partial charge in [0.15, 0.2) is 0 Å². The van der Waals surface area contributed by atoms with Gasteiger partial charge in [0.1, 0.15) is 0 Å². The molecule has 0 spiro atoms. The van der Waals surface area contributed by atoms with Gasteiger partial charge in [-0.25, -0.2) is 0 Å². The summed E-state index contributed by atoms with van der Waals surface area (Å²) >= 11 is 0. The number of anilines is 1. The summed E-state index contributed by atoms with van der Waals surface area (Å²) < 4.78 is 5.36.